The number of carbonyl (C=O) groups excluding carboxylic acids is 2. The quantitative estimate of drug-likeness (QED) is 0.335. The number of anilines is 2. The third-order valence-corrected chi connectivity index (χ3v) is 5.53. The maximum Gasteiger partial charge on any atom is 0.257 e. The van der Waals surface area contributed by atoms with Crippen molar-refractivity contribution in [3.8, 4) is 11.1 Å². The van der Waals surface area contributed by atoms with E-state index < -0.39 is 0 Å². The van der Waals surface area contributed by atoms with Gasteiger partial charge in [0.25, 0.3) is 11.8 Å². The summed E-state index contributed by atoms with van der Waals surface area (Å²) in [6.07, 6.45) is 0. The van der Waals surface area contributed by atoms with Crippen LogP contribution in [0.1, 0.15) is 26.3 Å². The van der Waals surface area contributed by atoms with Crippen molar-refractivity contribution in [2.24, 2.45) is 5.73 Å². The smallest absolute Gasteiger partial charge is 0.257 e. The first-order valence-electron chi connectivity index (χ1n) is 10.4. The van der Waals surface area contributed by atoms with Crippen molar-refractivity contribution in [1.82, 2.24) is 0 Å². The SMILES string of the molecule is NCc1ccccc1NC(=O)c1ccc(NC(=O)c2ccccc2-c2ccccc2)cc1Cl. The Labute approximate surface area is 197 Å². The number of amides is 2. The summed E-state index contributed by atoms with van der Waals surface area (Å²) in [6.45, 7) is 0.305. The zero-order chi connectivity index (χ0) is 23.2. The summed E-state index contributed by atoms with van der Waals surface area (Å²) in [6, 6.07) is 29.2. The van der Waals surface area contributed by atoms with Crippen LogP contribution < -0.4 is 16.4 Å². The Bertz CT molecular complexity index is 1310. The predicted molar refractivity (Wildman–Crippen MR) is 134 cm³/mol. The number of nitrogens with two attached hydrogens (primary N) is 1. The van der Waals surface area contributed by atoms with Crippen LogP contribution in [0.25, 0.3) is 11.1 Å². The van der Waals surface area contributed by atoms with Gasteiger partial charge in [-0.2, -0.15) is 0 Å². The Kier molecular flexibility index (Phi) is 6.83. The minimum Gasteiger partial charge on any atom is -0.326 e. The molecule has 0 unspecified atom stereocenters. The number of nitrogens with one attached hydrogen (secondary N) is 2. The highest BCUT2D eigenvalue weighted by molar-refractivity contribution is 6.34. The summed E-state index contributed by atoms with van der Waals surface area (Å²) < 4.78 is 0. The predicted octanol–water partition coefficient (Wildman–Crippen LogP) is 5.97. The minimum absolute atomic E-state index is 0.229. The second-order valence-electron chi connectivity index (χ2n) is 7.38. The van der Waals surface area contributed by atoms with Gasteiger partial charge in [-0.1, -0.05) is 78.3 Å². The molecule has 0 radical (unpaired) electrons. The van der Waals surface area contributed by atoms with E-state index in [2.05, 4.69) is 10.6 Å². The van der Waals surface area contributed by atoms with Crippen LogP contribution in [0.5, 0.6) is 0 Å². The lowest BCUT2D eigenvalue weighted by Gasteiger charge is -2.13. The van der Waals surface area contributed by atoms with Crippen molar-refractivity contribution in [2.45, 2.75) is 6.54 Å². The fraction of sp³-hybridized carbons (Fsp3) is 0.0370. The summed E-state index contributed by atoms with van der Waals surface area (Å²) in [4.78, 5) is 25.7. The molecule has 0 aromatic heterocycles. The molecule has 6 heteroatoms. The van der Waals surface area contributed by atoms with Crippen LogP contribution >= 0.6 is 11.6 Å². The topological polar surface area (TPSA) is 84.2 Å². The van der Waals surface area contributed by atoms with E-state index in [1.54, 1.807) is 30.3 Å². The van der Waals surface area contributed by atoms with E-state index >= 15 is 0 Å². The van der Waals surface area contributed by atoms with Gasteiger partial charge in [0.1, 0.15) is 0 Å². The molecule has 4 rings (SSSR count). The lowest BCUT2D eigenvalue weighted by Crippen LogP contribution is -2.16. The number of hydrogen-bond acceptors (Lipinski definition) is 3. The number of benzene rings is 4. The first-order chi connectivity index (χ1) is 16.1. The number of halogens is 1. The van der Waals surface area contributed by atoms with Crippen LogP contribution in [-0.4, -0.2) is 11.8 Å². The van der Waals surface area contributed by atoms with Gasteiger partial charge in [0.05, 0.1) is 10.6 Å². The monoisotopic (exact) mass is 455 g/mol. The van der Waals surface area contributed by atoms with E-state index in [1.807, 2.05) is 66.7 Å². The van der Waals surface area contributed by atoms with E-state index in [1.165, 1.54) is 0 Å². The molecule has 164 valence electrons. The van der Waals surface area contributed by atoms with Crippen LogP contribution in [0.3, 0.4) is 0 Å². The zero-order valence-corrected chi connectivity index (χ0v) is 18.5. The molecule has 33 heavy (non-hydrogen) atoms. The highest BCUT2D eigenvalue weighted by atomic mass is 35.5. The Morgan fingerprint density at radius 3 is 2.15 bits per heavy atom. The molecule has 0 saturated carbocycles. The fourth-order valence-electron chi connectivity index (χ4n) is 3.54. The first kappa shape index (κ1) is 22.3. The Morgan fingerprint density at radius 1 is 0.727 bits per heavy atom. The van der Waals surface area contributed by atoms with Crippen molar-refractivity contribution in [3.63, 3.8) is 0 Å². The first-order valence-corrected chi connectivity index (χ1v) is 10.8. The molecule has 4 N–H and O–H groups in total. The lowest BCUT2D eigenvalue weighted by molar-refractivity contribution is 0.102. The maximum atomic E-state index is 13.0. The van der Waals surface area contributed by atoms with Crippen LogP contribution in [0, 0.1) is 0 Å². The molecule has 5 nitrogen and oxygen atoms in total. The van der Waals surface area contributed by atoms with Crippen LogP contribution in [0.4, 0.5) is 11.4 Å². The normalized spacial score (nSPS) is 10.5. The number of carbonyl (C=O) groups is 2. The van der Waals surface area contributed by atoms with Gasteiger partial charge in [-0.3, -0.25) is 9.59 Å². The number of para-hydroxylation sites is 1. The number of rotatable bonds is 6. The highest BCUT2D eigenvalue weighted by Gasteiger charge is 2.16. The van der Waals surface area contributed by atoms with Crippen LogP contribution in [0.2, 0.25) is 5.02 Å². The van der Waals surface area contributed by atoms with Crippen molar-refractivity contribution >= 4 is 34.8 Å². The molecule has 2 amide bonds. The minimum atomic E-state index is -0.354. The largest absolute Gasteiger partial charge is 0.326 e. The van der Waals surface area contributed by atoms with Gasteiger partial charge in [-0.15, -0.1) is 0 Å². The molecule has 0 fully saturated rings. The van der Waals surface area contributed by atoms with E-state index in [-0.39, 0.29) is 16.8 Å². The molecule has 0 aliphatic heterocycles. The molecule has 0 atom stereocenters. The summed E-state index contributed by atoms with van der Waals surface area (Å²) in [5, 5.41) is 5.94. The van der Waals surface area contributed by atoms with Crippen molar-refractivity contribution in [3.05, 3.63) is 119 Å². The average molecular weight is 456 g/mol. The van der Waals surface area contributed by atoms with Crippen LogP contribution in [-0.2, 0) is 6.54 Å². The molecule has 0 spiro atoms. The second-order valence-corrected chi connectivity index (χ2v) is 7.78. The fourth-order valence-corrected chi connectivity index (χ4v) is 3.80. The van der Waals surface area contributed by atoms with Gasteiger partial charge >= 0.3 is 0 Å². The average Bonchev–Trinajstić information content (AvgIpc) is 2.85. The van der Waals surface area contributed by atoms with Gasteiger partial charge in [0, 0.05) is 23.5 Å². The molecule has 0 aliphatic carbocycles. The molecule has 0 bridgehead atoms. The maximum absolute atomic E-state index is 13.0. The Balaban J connectivity index is 1.53. The molecular formula is C27H22ClN3O2. The Morgan fingerprint density at radius 2 is 1.39 bits per heavy atom. The third-order valence-electron chi connectivity index (χ3n) is 5.21. The molecule has 4 aromatic carbocycles. The molecule has 4 aromatic rings. The van der Waals surface area contributed by atoms with Gasteiger partial charge < -0.3 is 16.4 Å². The van der Waals surface area contributed by atoms with Crippen molar-refractivity contribution in [1.29, 1.82) is 0 Å². The third kappa shape index (κ3) is 5.12. The highest BCUT2D eigenvalue weighted by Crippen LogP contribution is 2.26. The van der Waals surface area contributed by atoms with Gasteiger partial charge in [0.15, 0.2) is 0 Å². The van der Waals surface area contributed by atoms with E-state index in [9.17, 15) is 9.59 Å². The second kappa shape index (κ2) is 10.1. The summed E-state index contributed by atoms with van der Waals surface area (Å²) in [5.41, 5.74) is 10.3. The van der Waals surface area contributed by atoms with E-state index in [4.69, 9.17) is 17.3 Å². The Hall–Kier alpha value is -3.93. The standard InChI is InChI=1S/C27H22ClN3O2/c28-24-16-20(14-15-23(24)27(33)31-25-13-7-4-10-19(25)17-29)30-26(32)22-12-6-5-11-21(22)18-8-2-1-3-9-18/h1-16H,17,29H2,(H,30,32)(H,31,33). The van der Waals surface area contributed by atoms with Crippen LogP contribution in [0.15, 0.2) is 97.1 Å². The lowest BCUT2D eigenvalue weighted by atomic mass is 9.99. The molecule has 0 saturated heterocycles. The summed E-state index contributed by atoms with van der Waals surface area (Å²) in [7, 11) is 0. The molecular weight excluding hydrogens is 434 g/mol. The summed E-state index contributed by atoms with van der Waals surface area (Å²) >= 11 is 6.38. The molecule has 0 aliphatic rings. The van der Waals surface area contributed by atoms with E-state index in [0.29, 0.717) is 29.0 Å². The van der Waals surface area contributed by atoms with Crippen molar-refractivity contribution in [2.75, 3.05) is 10.6 Å². The van der Waals surface area contributed by atoms with Gasteiger partial charge in [-0.25, -0.2) is 0 Å². The number of hydrogen-bond donors (Lipinski definition) is 3. The zero-order valence-electron chi connectivity index (χ0n) is 17.7. The van der Waals surface area contributed by atoms with Gasteiger partial charge in [-0.05, 0) is 47.0 Å². The van der Waals surface area contributed by atoms with Gasteiger partial charge in [0.2, 0.25) is 0 Å². The van der Waals surface area contributed by atoms with Crippen molar-refractivity contribution < 1.29 is 9.59 Å². The summed E-state index contributed by atoms with van der Waals surface area (Å²) in [5.74, 6) is -0.618. The van der Waals surface area contributed by atoms with E-state index in [0.717, 1.165) is 16.7 Å². The molecule has 0 heterocycles.